The number of likely N-dealkylation sites (N-methyl/N-ethyl adjacent to an activating group) is 2. The molecule has 0 atom stereocenters. The molecule has 0 aliphatic carbocycles. The van der Waals surface area contributed by atoms with Crippen molar-refractivity contribution in [3.63, 3.8) is 0 Å². The molecule has 4 aliphatic heterocycles. The molecule has 27 nitrogen and oxygen atoms in total. The van der Waals surface area contributed by atoms with Crippen molar-refractivity contribution < 1.29 is 42.2 Å². The fraction of sp³-hybridized carbons (Fsp3) is 0.380. The molecule has 3 aromatic heterocycles. The monoisotopic (exact) mass is 1610 g/mol. The number of carbonyl (C=O) groups is 1. The van der Waals surface area contributed by atoms with Crippen LogP contribution in [-0.2, 0) is 23.2 Å². The minimum atomic E-state index is -2.53. The van der Waals surface area contributed by atoms with Crippen molar-refractivity contribution in [3.8, 4) is 17.2 Å². The van der Waals surface area contributed by atoms with E-state index in [9.17, 15) is 18.5 Å². The van der Waals surface area contributed by atoms with E-state index in [0.717, 1.165) is 160 Å². The molecule has 32 heteroatoms. The molecule has 0 radical (unpaired) electrons. The number of benzene rings is 6. The molecule has 4 aliphatic rings. The zero-order valence-corrected chi connectivity index (χ0v) is 69.3. The van der Waals surface area contributed by atoms with Crippen LogP contribution in [0.1, 0.15) is 24.8 Å². The number of rotatable bonds is 22. The number of piperazine rings is 1. The lowest BCUT2D eigenvalue weighted by Crippen LogP contribution is -2.44. The van der Waals surface area contributed by atoms with Gasteiger partial charge in [-0.1, -0.05) is 47.5 Å². The van der Waals surface area contributed by atoms with E-state index in [1.807, 2.05) is 121 Å². The fourth-order valence-electron chi connectivity index (χ4n) is 13.0. The Hall–Kier alpha value is -9.42. The first-order valence-electron chi connectivity index (χ1n) is 36.8. The molecule has 0 bridgehead atoms. The molecule has 6 N–H and O–H groups in total. The van der Waals surface area contributed by atoms with Crippen LogP contribution < -0.4 is 76.7 Å². The smallest absolute Gasteiger partial charge is 0.410 e. The molecule has 4 saturated heterocycles. The number of ether oxygens (including phenoxy) is 5. The highest BCUT2D eigenvalue weighted by Crippen LogP contribution is 2.42. The Labute approximate surface area is 661 Å². The minimum Gasteiger partial charge on any atom is -0.494 e. The molecular formula is C79H101Cl2N18O9P3. The molecule has 4 fully saturated rings. The second-order valence-electron chi connectivity index (χ2n) is 28.6. The van der Waals surface area contributed by atoms with Crippen LogP contribution in [0.2, 0.25) is 10.0 Å². The average molecular weight is 1610 g/mol. The summed E-state index contributed by atoms with van der Waals surface area (Å²) in [5.41, 5.74) is 8.88. The quantitative estimate of drug-likeness (QED) is 0.0344. The number of aromatic nitrogens is 6. The number of carbonyl (C=O) groups excluding carboxylic acids is 1. The summed E-state index contributed by atoms with van der Waals surface area (Å²) in [4.78, 5) is 52.9. The van der Waals surface area contributed by atoms with E-state index >= 15 is 0 Å². The molecule has 590 valence electrons. The van der Waals surface area contributed by atoms with E-state index in [1.54, 1.807) is 73.7 Å². The van der Waals surface area contributed by atoms with Gasteiger partial charge in [-0.3, -0.25) is 0 Å². The zero-order valence-electron chi connectivity index (χ0n) is 65.1. The van der Waals surface area contributed by atoms with Gasteiger partial charge in [0.25, 0.3) is 0 Å². The Morgan fingerprint density at radius 3 is 1.45 bits per heavy atom. The Morgan fingerprint density at radius 1 is 0.459 bits per heavy atom. The van der Waals surface area contributed by atoms with Gasteiger partial charge in [0.15, 0.2) is 23.2 Å². The summed E-state index contributed by atoms with van der Waals surface area (Å²) in [6.07, 6.45) is 6.91. The van der Waals surface area contributed by atoms with Crippen LogP contribution in [0.4, 0.5) is 91.3 Å². The van der Waals surface area contributed by atoms with Crippen LogP contribution in [-0.4, -0.2) is 224 Å². The summed E-state index contributed by atoms with van der Waals surface area (Å²) in [5.74, 6) is 4.34. The maximum atomic E-state index is 12.8. The van der Waals surface area contributed by atoms with Gasteiger partial charge in [-0.2, -0.15) is 15.0 Å². The van der Waals surface area contributed by atoms with Gasteiger partial charge < -0.3 is 98.7 Å². The van der Waals surface area contributed by atoms with E-state index in [-0.39, 0.29) is 12.2 Å². The lowest BCUT2D eigenvalue weighted by atomic mass is 10.1. The summed E-state index contributed by atoms with van der Waals surface area (Å²) >= 11 is 12.8. The molecule has 1 amide bonds. The summed E-state index contributed by atoms with van der Waals surface area (Å²) in [6.45, 7) is 24.7. The first kappa shape index (κ1) is 82.5. The number of nitrogens with zero attached hydrogens (tertiary/aromatic N) is 12. The third-order valence-electron chi connectivity index (χ3n) is 19.3. The Balaban J connectivity index is 0.000000167. The number of halogens is 2. The normalized spacial score (nSPS) is 15.3. The van der Waals surface area contributed by atoms with Gasteiger partial charge in [-0.05, 0) is 171 Å². The highest BCUT2D eigenvalue weighted by atomic mass is 35.5. The predicted molar refractivity (Wildman–Crippen MR) is 454 cm³/mol. The van der Waals surface area contributed by atoms with Crippen LogP contribution in [0, 0.1) is 6.92 Å². The van der Waals surface area contributed by atoms with Gasteiger partial charge in [0.2, 0.25) is 17.8 Å². The lowest BCUT2D eigenvalue weighted by molar-refractivity contribution is 0.0528. The van der Waals surface area contributed by atoms with Crippen LogP contribution in [0.3, 0.4) is 0 Å². The Kier molecular flexibility index (Phi) is 28.1. The van der Waals surface area contributed by atoms with Crippen molar-refractivity contribution in [2.45, 2.75) is 32.3 Å². The number of nitrogens with one attached hydrogen (secondary N) is 6. The Bertz CT molecular complexity index is 4820. The van der Waals surface area contributed by atoms with Crippen molar-refractivity contribution in [1.82, 2.24) is 44.6 Å². The number of hydrogen-bond acceptors (Lipinski definition) is 26. The third-order valence-corrected chi connectivity index (χ3v) is 24.5. The van der Waals surface area contributed by atoms with E-state index < -0.39 is 21.4 Å². The number of methoxy groups -OCH3 is 3. The average Bonchev–Trinajstić information content (AvgIpc) is 1.06. The van der Waals surface area contributed by atoms with Crippen molar-refractivity contribution in [2.75, 3.05) is 214 Å². The molecular weight excluding hydrogens is 1510 g/mol. The molecule has 0 saturated carbocycles. The number of aryl methyl sites for hydroxylation is 1. The maximum Gasteiger partial charge on any atom is 0.410 e. The van der Waals surface area contributed by atoms with Crippen LogP contribution in [0.5, 0.6) is 17.2 Å². The second kappa shape index (κ2) is 37.7. The summed E-state index contributed by atoms with van der Waals surface area (Å²) in [6, 6.07) is 40.8. The first-order valence-corrected chi connectivity index (χ1v) is 45.4. The van der Waals surface area contributed by atoms with Gasteiger partial charge in [0, 0.05) is 141 Å². The van der Waals surface area contributed by atoms with E-state index in [2.05, 4.69) is 119 Å². The molecule has 7 heterocycles. The number of anilines is 15. The van der Waals surface area contributed by atoms with Gasteiger partial charge in [0.1, 0.15) is 49.1 Å². The maximum absolute atomic E-state index is 12.8. The molecule has 0 spiro atoms. The van der Waals surface area contributed by atoms with Crippen LogP contribution in [0.15, 0.2) is 146 Å². The van der Waals surface area contributed by atoms with Gasteiger partial charge in [-0.25, -0.2) is 19.7 Å². The SMILES string of the molecule is COc1cc(N2CCC(OC(=O)N3CCCN(C)CC3)CC2)ccc1Nc1ncc(Cl)c(Nc2ccccc2P(C)(C)=O)n1.COc1cc(N2CCN(C)CC2)ccc1Nc1ncc(OC)c(Nc2ccccc2P(C)(C)=O)n1.Cc1cc(P(C)(C)=O)ccc1Nc1ncc(Cl)c(Nc2ccc(N3CCOCC3)cc2)n1. The highest BCUT2D eigenvalue weighted by Gasteiger charge is 2.28. The molecule has 6 aromatic carbocycles. The fourth-order valence-corrected chi connectivity index (χ4v) is 16.5. The molecule has 111 heavy (non-hydrogen) atoms. The lowest BCUT2D eigenvalue weighted by Gasteiger charge is -2.34. The minimum absolute atomic E-state index is 0.0824. The topological polar surface area (TPSA) is 283 Å². The van der Waals surface area contributed by atoms with Gasteiger partial charge in [-0.15, -0.1) is 0 Å². The number of amides is 1. The molecule has 9 aromatic rings. The van der Waals surface area contributed by atoms with Crippen molar-refractivity contribution >= 4 is 153 Å². The molecule has 13 rings (SSSR count). The number of hydrogen-bond donors (Lipinski definition) is 6. The number of para-hydroxylation sites is 2. The second-order valence-corrected chi connectivity index (χ2v) is 39.0. The summed E-state index contributed by atoms with van der Waals surface area (Å²) in [7, 11) is 1.73. The summed E-state index contributed by atoms with van der Waals surface area (Å²) < 4.78 is 66.1. The van der Waals surface area contributed by atoms with E-state index in [0.29, 0.717) is 85.8 Å². The van der Waals surface area contributed by atoms with Gasteiger partial charge >= 0.3 is 6.09 Å². The summed E-state index contributed by atoms with van der Waals surface area (Å²) in [5, 5.41) is 22.6. The van der Waals surface area contributed by atoms with E-state index in [1.165, 1.54) is 6.20 Å². The molecule has 0 unspecified atom stereocenters. The van der Waals surface area contributed by atoms with Crippen molar-refractivity contribution in [1.29, 1.82) is 0 Å². The van der Waals surface area contributed by atoms with Crippen molar-refractivity contribution in [3.05, 3.63) is 162 Å². The first-order chi connectivity index (χ1) is 53.2. The third kappa shape index (κ3) is 22.7. The standard InChI is InChI=1S/C31H41ClN7O4P.C25H33N6O3P.C23H27ClN5O2P/c1-37-14-7-15-39(19-18-37)31(40)43-23-12-16-38(17-13-23)22-10-11-25(27(20-22)42-2)35-30-33-21-24(32)29(36-30)34-26-8-5-6-9-28(26)44(3,4)41;1-30-12-14-31(15-13-30)18-10-11-19(21(16-18)33-2)28-25-26-17-22(34-3)24(29-25)27-20-8-6-7-9-23(20)35(4,5)32;1-16-14-19(32(2,3)30)8-9-21(16)27-23-25-15-20(24)22(28-23)26-17-4-6-18(7-5-17)29-10-12-31-13-11-29/h5-6,8-11,20-21,23H,7,12-19H2,1-4H3,(H2,33,34,35,36);6-11,16-17H,12-15H2,1-5H3,(H2,26,27,28,29);4-9,14-15H,10-13H2,1-3H3,(H2,25,26,27,28). The van der Waals surface area contributed by atoms with Crippen LogP contribution in [0.25, 0.3) is 0 Å². The number of morpholine rings is 1. The largest absolute Gasteiger partial charge is 0.494 e. The number of piperidine rings is 1. The van der Waals surface area contributed by atoms with Gasteiger partial charge in [0.05, 0.1) is 75.9 Å². The van der Waals surface area contributed by atoms with Crippen molar-refractivity contribution in [2.24, 2.45) is 0 Å². The predicted octanol–water partition coefficient (Wildman–Crippen LogP) is 14.6. The zero-order chi connectivity index (χ0) is 79.0. The van der Waals surface area contributed by atoms with Crippen LogP contribution >= 0.6 is 44.6 Å². The Morgan fingerprint density at radius 2 is 0.919 bits per heavy atom. The highest BCUT2D eigenvalue weighted by molar-refractivity contribution is 7.71. The van der Waals surface area contributed by atoms with E-state index in [4.69, 9.17) is 46.9 Å².